The van der Waals surface area contributed by atoms with E-state index in [9.17, 15) is 13.2 Å². The third kappa shape index (κ3) is 4.22. The zero-order valence-corrected chi connectivity index (χ0v) is 13.8. The monoisotopic (exact) mass is 335 g/mol. The molecule has 1 heterocycles. The number of hydrogen-bond donors (Lipinski definition) is 2. The van der Waals surface area contributed by atoms with E-state index in [0.717, 1.165) is 0 Å². The Morgan fingerprint density at radius 3 is 2.30 bits per heavy atom. The molecule has 0 unspecified atom stereocenters. The second-order valence-electron chi connectivity index (χ2n) is 4.77. The lowest BCUT2D eigenvalue weighted by atomic mass is 10.2. The van der Waals surface area contributed by atoms with Crippen molar-refractivity contribution in [1.29, 1.82) is 0 Å². The summed E-state index contributed by atoms with van der Waals surface area (Å²) in [4.78, 5) is 23.8. The summed E-state index contributed by atoms with van der Waals surface area (Å²) < 4.78 is 26.6. The van der Waals surface area contributed by atoms with Gasteiger partial charge in [0.05, 0.1) is 4.90 Å². The van der Waals surface area contributed by atoms with Crippen LogP contribution in [0.4, 0.5) is 10.7 Å². The summed E-state index contributed by atoms with van der Waals surface area (Å²) >= 11 is 0. The zero-order valence-electron chi connectivity index (χ0n) is 13.0. The molecular formula is C14H17N5O3S. The predicted octanol–water partition coefficient (Wildman–Crippen LogP) is 1.56. The first kappa shape index (κ1) is 16.8. The van der Waals surface area contributed by atoms with Gasteiger partial charge in [0, 0.05) is 0 Å². The molecule has 2 aromatic rings. The van der Waals surface area contributed by atoms with Crippen LogP contribution in [0.2, 0.25) is 0 Å². The standard InChI is InChI=1S/C14H17N5O3S/c1-4-11-7-5-6-8-12(11)23(21,22)19-14(20)18-13-16-9(2)15-10(3)17-13/h5-8H,4H2,1-3H3,(H2,15,16,17,18,19,20). The molecule has 0 saturated heterocycles. The number of nitrogens with one attached hydrogen (secondary N) is 2. The number of nitrogens with zero attached hydrogens (tertiary/aromatic N) is 3. The number of rotatable bonds is 4. The Morgan fingerprint density at radius 2 is 1.70 bits per heavy atom. The van der Waals surface area contributed by atoms with E-state index in [1.54, 1.807) is 32.0 Å². The number of hydrogen-bond acceptors (Lipinski definition) is 6. The average Bonchev–Trinajstić information content (AvgIpc) is 2.45. The quantitative estimate of drug-likeness (QED) is 0.876. The van der Waals surface area contributed by atoms with E-state index >= 15 is 0 Å². The Kier molecular flexibility index (Phi) is 4.89. The topological polar surface area (TPSA) is 114 Å². The first-order valence-corrected chi connectivity index (χ1v) is 8.41. The maximum Gasteiger partial charge on any atom is 0.335 e. The molecule has 0 aliphatic carbocycles. The molecule has 0 radical (unpaired) electrons. The molecule has 122 valence electrons. The van der Waals surface area contributed by atoms with Crippen LogP contribution < -0.4 is 10.0 Å². The Labute approximate surface area is 134 Å². The fraction of sp³-hybridized carbons (Fsp3) is 0.286. The Balaban J connectivity index is 2.18. The Bertz CT molecular complexity index is 816. The number of anilines is 1. The van der Waals surface area contributed by atoms with Gasteiger partial charge in [0.25, 0.3) is 10.0 Å². The van der Waals surface area contributed by atoms with Crippen molar-refractivity contribution in [3.63, 3.8) is 0 Å². The van der Waals surface area contributed by atoms with Gasteiger partial charge in [-0.05, 0) is 31.9 Å². The van der Waals surface area contributed by atoms with Crippen molar-refractivity contribution < 1.29 is 13.2 Å². The summed E-state index contributed by atoms with van der Waals surface area (Å²) in [6.45, 7) is 5.13. The van der Waals surface area contributed by atoms with Gasteiger partial charge in [-0.3, -0.25) is 5.32 Å². The van der Waals surface area contributed by atoms with Crippen LogP contribution >= 0.6 is 0 Å². The summed E-state index contributed by atoms with van der Waals surface area (Å²) in [5, 5.41) is 2.30. The van der Waals surface area contributed by atoms with Gasteiger partial charge in [-0.1, -0.05) is 25.1 Å². The van der Waals surface area contributed by atoms with Gasteiger partial charge in [-0.25, -0.2) is 22.9 Å². The molecule has 2 rings (SSSR count). The maximum atomic E-state index is 12.3. The highest BCUT2D eigenvalue weighted by Crippen LogP contribution is 2.15. The Hall–Kier alpha value is -2.55. The number of carbonyl (C=O) groups excluding carboxylic acids is 1. The van der Waals surface area contributed by atoms with Gasteiger partial charge in [-0.15, -0.1) is 0 Å². The summed E-state index contributed by atoms with van der Waals surface area (Å²) in [5.41, 5.74) is 0.625. The number of benzene rings is 1. The molecule has 8 nitrogen and oxygen atoms in total. The predicted molar refractivity (Wildman–Crippen MR) is 84.5 cm³/mol. The molecule has 0 bridgehead atoms. The molecule has 0 atom stereocenters. The second-order valence-corrected chi connectivity index (χ2v) is 6.43. The number of amides is 2. The average molecular weight is 335 g/mol. The summed E-state index contributed by atoms with van der Waals surface area (Å²) in [5.74, 6) is 0.838. The van der Waals surface area contributed by atoms with Crippen LogP contribution in [-0.4, -0.2) is 29.4 Å². The zero-order chi connectivity index (χ0) is 17.0. The van der Waals surface area contributed by atoms with E-state index in [0.29, 0.717) is 23.6 Å². The highest BCUT2D eigenvalue weighted by atomic mass is 32.2. The van der Waals surface area contributed by atoms with Crippen molar-refractivity contribution in [3.05, 3.63) is 41.5 Å². The first-order chi connectivity index (χ1) is 10.8. The number of urea groups is 1. The highest BCUT2D eigenvalue weighted by molar-refractivity contribution is 7.90. The molecule has 0 aliphatic rings. The normalized spacial score (nSPS) is 11.1. The van der Waals surface area contributed by atoms with Crippen molar-refractivity contribution in [2.24, 2.45) is 0 Å². The second kappa shape index (κ2) is 6.69. The largest absolute Gasteiger partial charge is 0.335 e. The minimum absolute atomic E-state index is 0.00789. The van der Waals surface area contributed by atoms with Gasteiger partial charge < -0.3 is 0 Å². The fourth-order valence-corrected chi connectivity index (χ4v) is 3.25. The van der Waals surface area contributed by atoms with Crippen LogP contribution in [0, 0.1) is 13.8 Å². The molecule has 2 N–H and O–H groups in total. The molecule has 9 heteroatoms. The lowest BCUT2D eigenvalue weighted by Gasteiger charge is -2.11. The van der Waals surface area contributed by atoms with Crippen LogP contribution in [-0.2, 0) is 16.4 Å². The summed E-state index contributed by atoms with van der Waals surface area (Å²) in [6.07, 6.45) is 0.532. The fourth-order valence-electron chi connectivity index (χ4n) is 2.03. The Morgan fingerprint density at radius 1 is 1.09 bits per heavy atom. The third-order valence-corrected chi connectivity index (χ3v) is 4.39. The van der Waals surface area contributed by atoms with Gasteiger partial charge in [0.2, 0.25) is 5.95 Å². The van der Waals surface area contributed by atoms with Gasteiger partial charge in [-0.2, -0.15) is 9.97 Å². The lowest BCUT2D eigenvalue weighted by molar-refractivity contribution is 0.256. The number of aryl methyl sites for hydroxylation is 3. The van der Waals surface area contributed by atoms with E-state index in [1.165, 1.54) is 6.07 Å². The van der Waals surface area contributed by atoms with Gasteiger partial charge in [0.1, 0.15) is 11.6 Å². The van der Waals surface area contributed by atoms with E-state index in [-0.39, 0.29) is 10.8 Å². The molecule has 1 aromatic heterocycles. The van der Waals surface area contributed by atoms with Crippen LogP contribution in [0.15, 0.2) is 29.2 Å². The molecule has 23 heavy (non-hydrogen) atoms. The minimum atomic E-state index is -3.98. The SMILES string of the molecule is CCc1ccccc1S(=O)(=O)NC(=O)Nc1nc(C)nc(C)n1. The van der Waals surface area contributed by atoms with Gasteiger partial charge >= 0.3 is 6.03 Å². The first-order valence-electron chi connectivity index (χ1n) is 6.93. The van der Waals surface area contributed by atoms with Crippen LogP contribution in [0.3, 0.4) is 0 Å². The molecule has 1 aromatic carbocycles. The molecule has 0 saturated carbocycles. The maximum absolute atomic E-state index is 12.3. The summed E-state index contributed by atoms with van der Waals surface area (Å²) in [7, 11) is -3.98. The van der Waals surface area contributed by atoms with Crippen molar-refractivity contribution in [2.45, 2.75) is 32.1 Å². The van der Waals surface area contributed by atoms with Crippen molar-refractivity contribution in [2.75, 3.05) is 5.32 Å². The van der Waals surface area contributed by atoms with E-state index in [4.69, 9.17) is 0 Å². The lowest BCUT2D eigenvalue weighted by Crippen LogP contribution is -2.35. The van der Waals surface area contributed by atoms with Crippen molar-refractivity contribution in [1.82, 2.24) is 19.7 Å². The van der Waals surface area contributed by atoms with Crippen molar-refractivity contribution >= 4 is 22.0 Å². The van der Waals surface area contributed by atoms with Crippen LogP contribution in [0.25, 0.3) is 0 Å². The molecule has 2 amide bonds. The molecular weight excluding hydrogens is 318 g/mol. The molecule has 0 fully saturated rings. The van der Waals surface area contributed by atoms with E-state index in [1.807, 2.05) is 11.6 Å². The van der Waals surface area contributed by atoms with Crippen LogP contribution in [0.1, 0.15) is 24.1 Å². The molecule has 0 spiro atoms. The van der Waals surface area contributed by atoms with Crippen molar-refractivity contribution in [3.8, 4) is 0 Å². The third-order valence-electron chi connectivity index (χ3n) is 2.95. The van der Waals surface area contributed by atoms with Gasteiger partial charge in [0.15, 0.2) is 0 Å². The minimum Gasteiger partial charge on any atom is -0.275 e. The number of sulfonamides is 1. The molecule has 0 aliphatic heterocycles. The van der Waals surface area contributed by atoms with Crippen LogP contribution in [0.5, 0.6) is 0 Å². The number of carbonyl (C=O) groups is 1. The summed E-state index contributed by atoms with van der Waals surface area (Å²) in [6, 6.07) is 5.57. The number of aromatic nitrogens is 3. The highest BCUT2D eigenvalue weighted by Gasteiger charge is 2.20. The van der Waals surface area contributed by atoms with E-state index in [2.05, 4.69) is 20.3 Å². The smallest absolute Gasteiger partial charge is 0.275 e. The van der Waals surface area contributed by atoms with E-state index < -0.39 is 16.1 Å².